The molecule has 10 heteroatoms. The SMILES string of the molecule is COc1ccccc1C(=O)NCCNc1cccc(NS(=O)c2cc(-c3cccc(C(=O)N(C)C)c3)ccc2OC)c1. The van der Waals surface area contributed by atoms with Gasteiger partial charge in [-0.1, -0.05) is 36.4 Å². The first-order chi connectivity index (χ1) is 20.3. The van der Waals surface area contributed by atoms with Crippen LogP contribution >= 0.6 is 0 Å². The van der Waals surface area contributed by atoms with Crippen LogP contribution in [0.25, 0.3) is 11.1 Å². The second-order valence-electron chi connectivity index (χ2n) is 9.48. The van der Waals surface area contributed by atoms with Crippen LogP contribution in [-0.4, -0.2) is 62.3 Å². The van der Waals surface area contributed by atoms with E-state index in [2.05, 4.69) is 15.4 Å². The van der Waals surface area contributed by atoms with Gasteiger partial charge in [0.2, 0.25) is 0 Å². The quantitative estimate of drug-likeness (QED) is 0.201. The van der Waals surface area contributed by atoms with Gasteiger partial charge < -0.3 is 29.7 Å². The Hall–Kier alpha value is -4.83. The van der Waals surface area contributed by atoms with Gasteiger partial charge in [-0.3, -0.25) is 9.59 Å². The van der Waals surface area contributed by atoms with Gasteiger partial charge in [-0.2, -0.15) is 0 Å². The molecule has 4 rings (SSSR count). The Labute approximate surface area is 248 Å². The number of nitrogens with one attached hydrogen (secondary N) is 3. The number of hydrogen-bond donors (Lipinski definition) is 3. The van der Waals surface area contributed by atoms with Crippen LogP contribution in [0.2, 0.25) is 0 Å². The van der Waals surface area contributed by atoms with E-state index in [1.807, 2.05) is 54.6 Å². The second-order valence-corrected chi connectivity index (χ2v) is 10.7. The van der Waals surface area contributed by atoms with Crippen LogP contribution in [0.15, 0.2) is 95.9 Å². The zero-order valence-corrected chi connectivity index (χ0v) is 24.8. The summed E-state index contributed by atoms with van der Waals surface area (Å²) in [5.74, 6) is 0.686. The highest BCUT2D eigenvalue weighted by molar-refractivity contribution is 7.86. The molecule has 9 nitrogen and oxygen atoms in total. The van der Waals surface area contributed by atoms with Gasteiger partial charge in [0.05, 0.1) is 19.8 Å². The fourth-order valence-electron chi connectivity index (χ4n) is 4.26. The highest BCUT2D eigenvalue weighted by Crippen LogP contribution is 2.30. The molecule has 42 heavy (non-hydrogen) atoms. The molecular weight excluding hydrogens is 552 g/mol. The van der Waals surface area contributed by atoms with E-state index in [9.17, 15) is 13.8 Å². The number of carbonyl (C=O) groups is 2. The van der Waals surface area contributed by atoms with Crippen molar-refractivity contribution in [1.29, 1.82) is 0 Å². The van der Waals surface area contributed by atoms with Gasteiger partial charge >= 0.3 is 0 Å². The van der Waals surface area contributed by atoms with Gasteiger partial charge in [0.1, 0.15) is 16.4 Å². The lowest BCUT2D eigenvalue weighted by Crippen LogP contribution is -2.29. The highest BCUT2D eigenvalue weighted by atomic mass is 32.2. The minimum Gasteiger partial charge on any atom is -0.496 e. The lowest BCUT2D eigenvalue weighted by Gasteiger charge is -2.14. The number of anilines is 2. The topological polar surface area (TPSA) is 109 Å². The van der Waals surface area contributed by atoms with Crippen molar-refractivity contribution in [3.63, 3.8) is 0 Å². The molecule has 1 atom stereocenters. The third-order valence-electron chi connectivity index (χ3n) is 6.38. The Morgan fingerprint density at radius 2 is 1.48 bits per heavy atom. The number of methoxy groups -OCH3 is 2. The second kappa shape index (κ2) is 14.2. The van der Waals surface area contributed by atoms with Crippen molar-refractivity contribution in [2.45, 2.75) is 4.90 Å². The summed E-state index contributed by atoms with van der Waals surface area (Å²) in [4.78, 5) is 26.9. The maximum Gasteiger partial charge on any atom is 0.255 e. The standard InChI is InChI=1S/C32H34N4O5S/c1-36(2)32(38)24-10-7-9-22(19-24)23-15-16-29(41-4)30(20-23)42(39)35-26-12-8-11-25(21-26)33-17-18-34-31(37)27-13-5-6-14-28(27)40-3/h5-16,19-21,33,35H,17-18H2,1-4H3,(H,34,37). The van der Waals surface area contributed by atoms with Crippen LogP contribution in [0.5, 0.6) is 11.5 Å². The van der Waals surface area contributed by atoms with Crippen molar-refractivity contribution >= 4 is 34.2 Å². The molecule has 0 aliphatic rings. The normalized spacial score (nSPS) is 11.2. The molecular formula is C32H34N4O5S. The maximum absolute atomic E-state index is 13.5. The van der Waals surface area contributed by atoms with Crippen molar-refractivity contribution in [2.75, 3.05) is 51.4 Å². The first-order valence-corrected chi connectivity index (χ1v) is 14.4. The van der Waals surface area contributed by atoms with E-state index in [4.69, 9.17) is 9.47 Å². The van der Waals surface area contributed by atoms with Crippen molar-refractivity contribution in [1.82, 2.24) is 10.2 Å². The minimum atomic E-state index is -1.64. The molecule has 4 aromatic rings. The average molecular weight is 587 g/mol. The zero-order valence-electron chi connectivity index (χ0n) is 24.0. The molecule has 3 N–H and O–H groups in total. The van der Waals surface area contributed by atoms with Crippen LogP contribution < -0.4 is 24.8 Å². The Morgan fingerprint density at radius 3 is 2.24 bits per heavy atom. The molecule has 0 saturated carbocycles. The number of carbonyl (C=O) groups excluding carboxylic acids is 2. The average Bonchev–Trinajstić information content (AvgIpc) is 3.02. The summed E-state index contributed by atoms with van der Waals surface area (Å²) in [6.45, 7) is 0.879. The summed E-state index contributed by atoms with van der Waals surface area (Å²) in [7, 11) is 4.84. The minimum absolute atomic E-state index is 0.0943. The van der Waals surface area contributed by atoms with E-state index < -0.39 is 11.0 Å². The van der Waals surface area contributed by atoms with Gasteiger partial charge in [0.15, 0.2) is 11.0 Å². The smallest absolute Gasteiger partial charge is 0.255 e. The number of nitrogens with zero attached hydrogens (tertiary/aromatic N) is 1. The Kier molecular flexibility index (Phi) is 10.2. The number of para-hydroxylation sites is 1. The van der Waals surface area contributed by atoms with Gasteiger partial charge in [0, 0.05) is 44.1 Å². The molecule has 0 fully saturated rings. The maximum atomic E-state index is 13.5. The molecule has 0 spiro atoms. The first-order valence-electron chi connectivity index (χ1n) is 13.2. The summed E-state index contributed by atoms with van der Waals surface area (Å²) in [6, 6.07) is 27.2. The molecule has 0 heterocycles. The molecule has 0 bridgehead atoms. The van der Waals surface area contributed by atoms with E-state index in [-0.39, 0.29) is 11.8 Å². The van der Waals surface area contributed by atoms with E-state index in [1.165, 1.54) is 19.1 Å². The molecule has 1 unspecified atom stereocenters. The van der Waals surface area contributed by atoms with Crippen molar-refractivity contribution in [2.24, 2.45) is 0 Å². The van der Waals surface area contributed by atoms with Crippen LogP contribution in [-0.2, 0) is 11.0 Å². The van der Waals surface area contributed by atoms with E-state index in [0.717, 1.165) is 16.8 Å². The summed E-state index contributed by atoms with van der Waals surface area (Å²) < 4.78 is 27.3. The summed E-state index contributed by atoms with van der Waals surface area (Å²) in [6.07, 6.45) is 0. The molecule has 0 aliphatic carbocycles. The predicted molar refractivity (Wildman–Crippen MR) is 167 cm³/mol. The molecule has 0 radical (unpaired) electrons. The molecule has 2 amide bonds. The van der Waals surface area contributed by atoms with Crippen molar-refractivity contribution < 1.29 is 23.3 Å². The first kappa shape index (κ1) is 30.1. The van der Waals surface area contributed by atoms with Crippen LogP contribution in [0.4, 0.5) is 11.4 Å². The number of hydrogen-bond acceptors (Lipinski definition) is 6. The van der Waals surface area contributed by atoms with Crippen molar-refractivity contribution in [3.8, 4) is 22.6 Å². The van der Waals surface area contributed by atoms with E-state index in [1.54, 1.807) is 50.5 Å². The summed E-state index contributed by atoms with van der Waals surface area (Å²) >= 11 is 0. The summed E-state index contributed by atoms with van der Waals surface area (Å²) in [5.41, 5.74) is 4.11. The molecule has 0 aromatic heterocycles. The number of benzene rings is 4. The fraction of sp³-hybridized carbons (Fsp3) is 0.188. The zero-order chi connectivity index (χ0) is 30.1. The molecule has 4 aromatic carbocycles. The number of ether oxygens (including phenoxy) is 2. The third kappa shape index (κ3) is 7.46. The lowest BCUT2D eigenvalue weighted by atomic mass is 10.0. The highest BCUT2D eigenvalue weighted by Gasteiger charge is 2.15. The van der Waals surface area contributed by atoms with Gasteiger partial charge in [-0.15, -0.1) is 0 Å². The van der Waals surface area contributed by atoms with Crippen molar-refractivity contribution in [3.05, 3.63) is 102 Å². The lowest BCUT2D eigenvalue weighted by molar-refractivity contribution is 0.0827. The van der Waals surface area contributed by atoms with Crippen LogP contribution in [0.1, 0.15) is 20.7 Å². The largest absolute Gasteiger partial charge is 0.496 e. The van der Waals surface area contributed by atoms with Gasteiger partial charge in [0.25, 0.3) is 11.8 Å². The predicted octanol–water partition coefficient (Wildman–Crippen LogP) is 5.05. The Morgan fingerprint density at radius 1 is 0.762 bits per heavy atom. The van der Waals surface area contributed by atoms with Crippen LogP contribution in [0, 0.1) is 0 Å². The number of amides is 2. The molecule has 0 saturated heterocycles. The van der Waals surface area contributed by atoms with Gasteiger partial charge in [-0.25, -0.2) is 4.21 Å². The Balaban J connectivity index is 1.41. The van der Waals surface area contributed by atoms with E-state index in [0.29, 0.717) is 46.3 Å². The van der Waals surface area contributed by atoms with E-state index >= 15 is 0 Å². The fourth-order valence-corrected chi connectivity index (χ4v) is 5.28. The molecule has 0 aliphatic heterocycles. The monoisotopic (exact) mass is 586 g/mol. The Bertz CT molecular complexity index is 1590. The summed E-state index contributed by atoms with van der Waals surface area (Å²) in [5, 5.41) is 6.15. The molecule has 218 valence electrons. The van der Waals surface area contributed by atoms with Crippen LogP contribution in [0.3, 0.4) is 0 Å². The number of rotatable bonds is 12. The third-order valence-corrected chi connectivity index (χ3v) is 7.52. The van der Waals surface area contributed by atoms with Gasteiger partial charge in [-0.05, 0) is 65.7 Å².